The van der Waals surface area contributed by atoms with Crippen LogP contribution in [-0.4, -0.2) is 19.1 Å². The summed E-state index contributed by atoms with van der Waals surface area (Å²) in [4.78, 5) is 11.4. The molecule has 92 valence electrons. The number of amides is 1. The molecule has 4 nitrogen and oxygen atoms in total. The minimum absolute atomic E-state index is 0.0977. The van der Waals surface area contributed by atoms with E-state index in [1.165, 1.54) is 0 Å². The highest BCUT2D eigenvalue weighted by molar-refractivity contribution is 5.92. The van der Waals surface area contributed by atoms with Crippen LogP contribution in [0, 0.1) is 0 Å². The van der Waals surface area contributed by atoms with Gasteiger partial charge in [-0.15, -0.1) is 0 Å². The van der Waals surface area contributed by atoms with Gasteiger partial charge in [0.2, 0.25) is 5.91 Å². The van der Waals surface area contributed by atoms with E-state index >= 15 is 0 Å². The number of anilines is 1. The Bertz CT molecular complexity index is 404. The maximum absolute atomic E-state index is 11.4. The second-order valence-corrected chi connectivity index (χ2v) is 4.21. The average Bonchev–Trinajstić information content (AvgIpc) is 2.50. The molecule has 1 aliphatic rings. The lowest BCUT2D eigenvalue weighted by atomic mass is 10.1. The quantitative estimate of drug-likeness (QED) is 0.779. The van der Waals surface area contributed by atoms with Crippen LogP contribution in [0.1, 0.15) is 24.8 Å². The molecule has 17 heavy (non-hydrogen) atoms. The van der Waals surface area contributed by atoms with Gasteiger partial charge in [0.25, 0.3) is 0 Å². The van der Waals surface area contributed by atoms with Crippen LogP contribution in [0.5, 0.6) is 5.75 Å². The molecule has 0 saturated carbocycles. The van der Waals surface area contributed by atoms with Gasteiger partial charge in [-0.2, -0.15) is 0 Å². The van der Waals surface area contributed by atoms with Crippen LogP contribution >= 0.6 is 0 Å². The number of hydrogen-bond acceptors (Lipinski definition) is 3. The zero-order chi connectivity index (χ0) is 12.1. The molecule has 0 aromatic heterocycles. The van der Waals surface area contributed by atoms with Crippen LogP contribution in [0.25, 0.3) is 0 Å². The lowest BCUT2D eigenvalue weighted by molar-refractivity contribution is -0.116. The van der Waals surface area contributed by atoms with Crippen LogP contribution < -0.4 is 15.8 Å². The maximum atomic E-state index is 11.4. The Hall–Kier alpha value is -1.55. The number of nitrogens with one attached hydrogen (secondary N) is 1. The van der Waals surface area contributed by atoms with Crippen molar-refractivity contribution in [1.82, 2.24) is 0 Å². The fourth-order valence-electron chi connectivity index (χ4n) is 1.91. The average molecular weight is 234 g/mol. The maximum Gasteiger partial charge on any atom is 0.224 e. The summed E-state index contributed by atoms with van der Waals surface area (Å²) in [6.45, 7) is 1.28. The number of carbonyl (C=O) groups is 1. The van der Waals surface area contributed by atoms with E-state index in [1.807, 2.05) is 18.2 Å². The van der Waals surface area contributed by atoms with Crippen molar-refractivity contribution < 1.29 is 9.53 Å². The molecular weight excluding hydrogens is 216 g/mol. The molecule has 0 atom stereocenters. The van der Waals surface area contributed by atoms with E-state index in [-0.39, 0.29) is 5.91 Å². The van der Waals surface area contributed by atoms with Crippen molar-refractivity contribution in [2.24, 2.45) is 5.73 Å². The summed E-state index contributed by atoms with van der Waals surface area (Å²) in [5.74, 6) is 0.953. The first kappa shape index (κ1) is 11.9. The Labute approximate surface area is 101 Å². The molecule has 3 N–H and O–H groups in total. The predicted molar refractivity (Wildman–Crippen MR) is 67.2 cm³/mol. The van der Waals surface area contributed by atoms with Gasteiger partial charge in [-0.05, 0) is 49.6 Å². The zero-order valence-electron chi connectivity index (χ0n) is 9.87. The molecule has 0 aliphatic carbocycles. The number of nitrogens with two attached hydrogens (primary N) is 1. The van der Waals surface area contributed by atoms with Gasteiger partial charge in [0.05, 0.1) is 6.61 Å². The Balaban J connectivity index is 2.07. The molecule has 1 amide bonds. The number of ether oxygens (including phenoxy) is 1. The van der Waals surface area contributed by atoms with Crippen LogP contribution in [0.3, 0.4) is 0 Å². The van der Waals surface area contributed by atoms with Crippen molar-refractivity contribution in [3.8, 4) is 5.75 Å². The van der Waals surface area contributed by atoms with Gasteiger partial charge in [0.1, 0.15) is 5.75 Å². The van der Waals surface area contributed by atoms with Crippen LogP contribution in [0.4, 0.5) is 5.69 Å². The van der Waals surface area contributed by atoms with Crippen LogP contribution in [0.2, 0.25) is 0 Å². The summed E-state index contributed by atoms with van der Waals surface area (Å²) in [5, 5.41) is 2.90. The number of rotatable bonds is 4. The first-order valence-corrected chi connectivity index (χ1v) is 6.05. The Morgan fingerprint density at radius 1 is 1.35 bits per heavy atom. The molecule has 4 heteroatoms. The van der Waals surface area contributed by atoms with Gasteiger partial charge >= 0.3 is 0 Å². The van der Waals surface area contributed by atoms with Crippen LogP contribution in [-0.2, 0) is 11.2 Å². The largest absolute Gasteiger partial charge is 0.494 e. The first-order chi connectivity index (χ1) is 8.29. The minimum atomic E-state index is 0.0977. The minimum Gasteiger partial charge on any atom is -0.494 e. The zero-order valence-corrected chi connectivity index (χ0v) is 9.87. The number of hydrogen-bond donors (Lipinski definition) is 2. The van der Waals surface area contributed by atoms with Crippen molar-refractivity contribution in [3.05, 3.63) is 23.8 Å². The molecule has 0 spiro atoms. The molecule has 0 saturated heterocycles. The van der Waals surface area contributed by atoms with Gasteiger partial charge in [-0.25, -0.2) is 0 Å². The molecule has 0 bridgehead atoms. The predicted octanol–water partition coefficient (Wildman–Crippen LogP) is 1.69. The smallest absolute Gasteiger partial charge is 0.224 e. The standard InChI is InChI=1S/C13H18N2O2/c14-7-2-8-17-11-5-6-12-10(9-11)3-1-4-13(16)15-12/h5-6,9H,1-4,7-8,14H2,(H,15,16). The third-order valence-electron chi connectivity index (χ3n) is 2.82. The third-order valence-corrected chi connectivity index (χ3v) is 2.82. The van der Waals surface area contributed by atoms with Crippen molar-refractivity contribution in [2.45, 2.75) is 25.7 Å². The number of fused-ring (bicyclic) bond motifs is 1. The van der Waals surface area contributed by atoms with Crippen molar-refractivity contribution in [1.29, 1.82) is 0 Å². The molecule has 2 rings (SSSR count). The van der Waals surface area contributed by atoms with E-state index < -0.39 is 0 Å². The highest BCUT2D eigenvalue weighted by Crippen LogP contribution is 2.26. The molecule has 0 unspecified atom stereocenters. The second kappa shape index (κ2) is 5.68. The first-order valence-electron chi connectivity index (χ1n) is 6.05. The van der Waals surface area contributed by atoms with E-state index in [2.05, 4.69) is 5.32 Å². The Kier molecular flexibility index (Phi) is 3.98. The number of aryl methyl sites for hydroxylation is 1. The highest BCUT2D eigenvalue weighted by Gasteiger charge is 2.13. The van der Waals surface area contributed by atoms with Gasteiger partial charge in [0.15, 0.2) is 0 Å². The van der Waals surface area contributed by atoms with Crippen molar-refractivity contribution in [3.63, 3.8) is 0 Å². The molecule has 0 radical (unpaired) electrons. The van der Waals surface area contributed by atoms with Gasteiger partial charge in [-0.1, -0.05) is 0 Å². The normalized spacial score (nSPS) is 14.8. The summed E-state index contributed by atoms with van der Waals surface area (Å²) < 4.78 is 5.59. The fraction of sp³-hybridized carbons (Fsp3) is 0.462. The van der Waals surface area contributed by atoms with Crippen molar-refractivity contribution >= 4 is 11.6 Å². The second-order valence-electron chi connectivity index (χ2n) is 4.21. The molecule has 1 aromatic carbocycles. The van der Waals surface area contributed by atoms with E-state index in [1.54, 1.807) is 0 Å². The number of benzene rings is 1. The summed E-state index contributed by atoms with van der Waals surface area (Å²) in [5.41, 5.74) is 7.48. The summed E-state index contributed by atoms with van der Waals surface area (Å²) in [7, 11) is 0. The summed E-state index contributed by atoms with van der Waals surface area (Å²) in [6, 6.07) is 5.81. The van der Waals surface area contributed by atoms with E-state index in [0.717, 1.165) is 36.3 Å². The van der Waals surface area contributed by atoms with E-state index in [9.17, 15) is 4.79 Å². The van der Waals surface area contributed by atoms with Crippen molar-refractivity contribution in [2.75, 3.05) is 18.5 Å². The van der Waals surface area contributed by atoms with Crippen LogP contribution in [0.15, 0.2) is 18.2 Å². The monoisotopic (exact) mass is 234 g/mol. The molecular formula is C13H18N2O2. The topological polar surface area (TPSA) is 64.3 Å². The SMILES string of the molecule is NCCCOc1ccc2c(c1)CCCC(=O)N2. The van der Waals surface area contributed by atoms with Gasteiger partial charge in [0, 0.05) is 12.1 Å². The van der Waals surface area contributed by atoms with Gasteiger partial charge < -0.3 is 15.8 Å². The van der Waals surface area contributed by atoms with E-state index in [4.69, 9.17) is 10.5 Å². The highest BCUT2D eigenvalue weighted by atomic mass is 16.5. The third kappa shape index (κ3) is 3.20. The number of carbonyl (C=O) groups excluding carboxylic acids is 1. The molecule has 1 aliphatic heterocycles. The lowest BCUT2D eigenvalue weighted by Crippen LogP contribution is -2.09. The lowest BCUT2D eigenvalue weighted by Gasteiger charge is -2.10. The molecule has 1 heterocycles. The van der Waals surface area contributed by atoms with E-state index in [0.29, 0.717) is 19.6 Å². The molecule has 0 fully saturated rings. The summed E-state index contributed by atoms with van der Waals surface area (Å²) in [6.07, 6.45) is 3.26. The Morgan fingerprint density at radius 3 is 3.06 bits per heavy atom. The fourth-order valence-corrected chi connectivity index (χ4v) is 1.91. The summed E-state index contributed by atoms with van der Waals surface area (Å²) >= 11 is 0. The molecule has 1 aromatic rings. The Morgan fingerprint density at radius 2 is 2.24 bits per heavy atom. The van der Waals surface area contributed by atoms with Gasteiger partial charge in [-0.3, -0.25) is 4.79 Å².